The molecule has 3 nitrogen and oxygen atoms in total. The second-order valence-electron chi connectivity index (χ2n) is 6.69. The van der Waals surface area contributed by atoms with Gasteiger partial charge in [0.15, 0.2) is 0 Å². The molecule has 2 atom stereocenters. The highest BCUT2D eigenvalue weighted by molar-refractivity contribution is 7.90. The standard InChI is InChI=1S/C13H26N2OS/c1-12(2,3)17(16)15-11-4-5-13(10-11)6-8-14-9-7-13/h11,14-15H,4-10H2,1-3H3/t11-,17-/m1/s1. The predicted molar refractivity (Wildman–Crippen MR) is 73.2 cm³/mol. The molecule has 2 N–H and O–H groups in total. The van der Waals surface area contributed by atoms with Gasteiger partial charge in [-0.15, -0.1) is 4.72 Å². The van der Waals surface area contributed by atoms with E-state index in [1.54, 1.807) is 0 Å². The van der Waals surface area contributed by atoms with Crippen molar-refractivity contribution in [1.82, 2.24) is 10.0 Å². The number of nitrogens with one attached hydrogen (secondary N) is 2. The quantitative estimate of drug-likeness (QED) is 0.744. The molecular weight excluding hydrogens is 232 g/mol. The first kappa shape index (κ1) is 13.7. The summed E-state index contributed by atoms with van der Waals surface area (Å²) in [6, 6.07) is 0.466. The van der Waals surface area contributed by atoms with Gasteiger partial charge >= 0.3 is 0 Å². The predicted octanol–water partition coefficient (Wildman–Crippen LogP) is 1.96. The molecule has 4 heteroatoms. The molecule has 2 fully saturated rings. The lowest BCUT2D eigenvalue weighted by Crippen LogP contribution is -2.44. The molecule has 0 amide bonds. The second kappa shape index (κ2) is 5.08. The largest absolute Gasteiger partial charge is 0.598 e. The Morgan fingerprint density at radius 3 is 2.47 bits per heavy atom. The Balaban J connectivity index is 1.85. The molecule has 0 aromatic rings. The van der Waals surface area contributed by atoms with Gasteiger partial charge < -0.3 is 9.87 Å². The van der Waals surface area contributed by atoms with Gasteiger partial charge in [0.05, 0.1) is 6.04 Å². The van der Waals surface area contributed by atoms with E-state index in [2.05, 4.69) is 10.0 Å². The molecule has 0 unspecified atom stereocenters. The maximum absolute atomic E-state index is 12.1. The highest BCUT2D eigenvalue weighted by Gasteiger charge is 2.42. The topological polar surface area (TPSA) is 47.1 Å². The highest BCUT2D eigenvalue weighted by atomic mass is 32.2. The lowest BCUT2D eigenvalue weighted by atomic mass is 9.77. The zero-order chi connectivity index (χ0) is 12.5. The fraction of sp³-hybridized carbons (Fsp3) is 1.00. The van der Waals surface area contributed by atoms with Crippen molar-refractivity contribution in [3.63, 3.8) is 0 Å². The molecule has 2 aliphatic rings. The lowest BCUT2D eigenvalue weighted by molar-refractivity contribution is 0.206. The van der Waals surface area contributed by atoms with Gasteiger partial charge in [-0.3, -0.25) is 0 Å². The Bertz CT molecular complexity index is 259. The second-order valence-corrected chi connectivity index (χ2v) is 8.69. The van der Waals surface area contributed by atoms with Crippen molar-refractivity contribution in [2.75, 3.05) is 13.1 Å². The maximum Gasteiger partial charge on any atom is 0.136 e. The molecule has 1 saturated carbocycles. The average molecular weight is 258 g/mol. The van der Waals surface area contributed by atoms with Crippen molar-refractivity contribution in [3.8, 4) is 0 Å². The van der Waals surface area contributed by atoms with Crippen molar-refractivity contribution in [3.05, 3.63) is 0 Å². The van der Waals surface area contributed by atoms with Crippen LogP contribution in [0.1, 0.15) is 52.9 Å². The van der Waals surface area contributed by atoms with Gasteiger partial charge in [0.25, 0.3) is 0 Å². The van der Waals surface area contributed by atoms with Crippen LogP contribution < -0.4 is 10.0 Å². The van der Waals surface area contributed by atoms with Gasteiger partial charge in [-0.2, -0.15) is 0 Å². The van der Waals surface area contributed by atoms with Crippen LogP contribution in [0.15, 0.2) is 0 Å². The lowest BCUT2D eigenvalue weighted by Gasteiger charge is -2.34. The Hall–Kier alpha value is 0.230. The number of piperidine rings is 1. The van der Waals surface area contributed by atoms with Crippen LogP contribution in [0.2, 0.25) is 0 Å². The van der Waals surface area contributed by atoms with E-state index in [0.29, 0.717) is 11.5 Å². The van der Waals surface area contributed by atoms with Crippen LogP contribution in [0, 0.1) is 5.41 Å². The van der Waals surface area contributed by atoms with E-state index in [4.69, 9.17) is 0 Å². The van der Waals surface area contributed by atoms with E-state index in [-0.39, 0.29) is 4.75 Å². The Labute approximate surface area is 108 Å². The molecule has 1 heterocycles. The van der Waals surface area contributed by atoms with Gasteiger partial charge in [-0.1, -0.05) is 0 Å². The normalized spacial score (nSPS) is 30.7. The first-order chi connectivity index (χ1) is 7.91. The van der Waals surface area contributed by atoms with Crippen molar-refractivity contribution in [2.24, 2.45) is 5.41 Å². The molecule has 0 bridgehead atoms. The molecule has 0 radical (unpaired) electrons. The molecule has 1 aliphatic heterocycles. The Morgan fingerprint density at radius 2 is 1.88 bits per heavy atom. The smallest absolute Gasteiger partial charge is 0.136 e. The molecule has 1 saturated heterocycles. The fourth-order valence-corrected chi connectivity index (χ4v) is 3.90. The Kier molecular flexibility index (Phi) is 4.08. The molecule has 0 aromatic carbocycles. The van der Waals surface area contributed by atoms with Crippen molar-refractivity contribution in [2.45, 2.75) is 63.7 Å². The summed E-state index contributed by atoms with van der Waals surface area (Å²) in [6.07, 6.45) is 6.33. The van der Waals surface area contributed by atoms with Gasteiger partial charge in [-0.25, -0.2) is 0 Å². The van der Waals surface area contributed by atoms with E-state index in [1.807, 2.05) is 20.8 Å². The number of hydrogen-bond donors (Lipinski definition) is 2. The molecular formula is C13H26N2OS. The third-order valence-corrected chi connectivity index (χ3v) is 5.86. The Morgan fingerprint density at radius 1 is 1.24 bits per heavy atom. The first-order valence-corrected chi connectivity index (χ1v) is 7.95. The SMILES string of the molecule is CC(C)(C)[S@@+]([O-])N[C@@H]1CCC2(CCNCC2)C1. The molecule has 17 heavy (non-hydrogen) atoms. The van der Waals surface area contributed by atoms with E-state index in [1.165, 1.54) is 32.1 Å². The fourth-order valence-electron chi connectivity index (χ4n) is 3.05. The van der Waals surface area contributed by atoms with E-state index in [9.17, 15) is 4.55 Å². The summed E-state index contributed by atoms with van der Waals surface area (Å²) in [6.45, 7) is 8.42. The van der Waals surface area contributed by atoms with E-state index >= 15 is 0 Å². The van der Waals surface area contributed by atoms with Gasteiger partial charge in [0.1, 0.15) is 4.75 Å². The van der Waals surface area contributed by atoms with Crippen LogP contribution in [-0.4, -0.2) is 28.4 Å². The summed E-state index contributed by atoms with van der Waals surface area (Å²) in [7, 11) is 0. The molecule has 2 rings (SSSR count). The minimum absolute atomic E-state index is 0.149. The van der Waals surface area contributed by atoms with Gasteiger partial charge in [0.2, 0.25) is 0 Å². The average Bonchev–Trinajstić information content (AvgIpc) is 2.61. The van der Waals surface area contributed by atoms with Crippen molar-refractivity contribution < 1.29 is 4.55 Å². The third-order valence-electron chi connectivity index (χ3n) is 4.20. The minimum Gasteiger partial charge on any atom is -0.598 e. The van der Waals surface area contributed by atoms with Crippen LogP contribution >= 0.6 is 0 Å². The van der Waals surface area contributed by atoms with Crippen LogP contribution in [0.3, 0.4) is 0 Å². The monoisotopic (exact) mass is 258 g/mol. The third kappa shape index (κ3) is 3.37. The summed E-state index contributed by atoms with van der Waals surface area (Å²) < 4.78 is 15.3. The minimum atomic E-state index is -0.914. The van der Waals surface area contributed by atoms with E-state index < -0.39 is 11.4 Å². The number of rotatable bonds is 2. The van der Waals surface area contributed by atoms with Crippen molar-refractivity contribution >= 4 is 11.4 Å². The maximum atomic E-state index is 12.1. The summed E-state index contributed by atoms with van der Waals surface area (Å²) in [5.74, 6) is 0. The van der Waals surface area contributed by atoms with Gasteiger partial charge in [-0.05, 0) is 71.4 Å². The highest BCUT2D eigenvalue weighted by Crippen LogP contribution is 2.45. The van der Waals surface area contributed by atoms with Crippen LogP contribution in [0.25, 0.3) is 0 Å². The molecule has 100 valence electrons. The summed E-state index contributed by atoms with van der Waals surface area (Å²) in [5, 5.41) is 3.44. The molecule has 1 aliphatic carbocycles. The summed E-state index contributed by atoms with van der Waals surface area (Å²) in [4.78, 5) is 0. The summed E-state index contributed by atoms with van der Waals surface area (Å²) in [5.41, 5.74) is 0.547. The first-order valence-electron chi connectivity index (χ1n) is 6.80. The van der Waals surface area contributed by atoms with Gasteiger partial charge in [0, 0.05) is 11.4 Å². The van der Waals surface area contributed by atoms with Crippen molar-refractivity contribution in [1.29, 1.82) is 0 Å². The van der Waals surface area contributed by atoms with Crippen LogP contribution in [0.4, 0.5) is 0 Å². The molecule has 1 spiro atoms. The zero-order valence-corrected chi connectivity index (χ0v) is 12.2. The van der Waals surface area contributed by atoms with Crippen LogP contribution in [-0.2, 0) is 11.4 Å². The zero-order valence-electron chi connectivity index (χ0n) is 11.3. The van der Waals surface area contributed by atoms with E-state index in [0.717, 1.165) is 13.1 Å². The number of hydrogen-bond acceptors (Lipinski definition) is 3. The summed E-state index contributed by atoms with van der Waals surface area (Å²) >= 11 is -0.914. The van der Waals surface area contributed by atoms with Crippen LogP contribution in [0.5, 0.6) is 0 Å². The molecule has 0 aromatic heterocycles.